The second-order valence-electron chi connectivity index (χ2n) is 7.44. The Hall–Kier alpha value is -4.52. The standard InChI is InChI=1S/C27H23NO6/c1-18-3-8-21(9-4-18)33-22-10-6-20(7-11-22)28-16-19-5-13-24(26(15-19)31-2)32-17-23-12-14-25(34-23)27(29)30/h3-16H,17H2,1-2H3,(H,29,30). The molecule has 4 aromatic rings. The zero-order valence-corrected chi connectivity index (χ0v) is 18.7. The van der Waals surface area contributed by atoms with Gasteiger partial charge in [0.1, 0.15) is 23.9 Å². The van der Waals surface area contributed by atoms with Crippen LogP contribution in [0.25, 0.3) is 0 Å². The smallest absolute Gasteiger partial charge is 0.371 e. The summed E-state index contributed by atoms with van der Waals surface area (Å²) in [6.07, 6.45) is 1.73. The number of nitrogens with zero attached hydrogens (tertiary/aromatic N) is 1. The predicted octanol–water partition coefficient (Wildman–Crippen LogP) is 6.42. The van der Waals surface area contributed by atoms with Gasteiger partial charge in [0.05, 0.1) is 12.8 Å². The maximum Gasteiger partial charge on any atom is 0.371 e. The van der Waals surface area contributed by atoms with Crippen molar-refractivity contribution in [3.63, 3.8) is 0 Å². The molecule has 0 aliphatic heterocycles. The van der Waals surface area contributed by atoms with E-state index in [9.17, 15) is 4.79 Å². The molecular formula is C27H23NO6. The van der Waals surface area contributed by atoms with E-state index in [4.69, 9.17) is 23.7 Å². The molecule has 0 bridgehead atoms. The molecule has 0 amide bonds. The molecule has 0 spiro atoms. The molecule has 1 heterocycles. The molecule has 0 saturated carbocycles. The normalized spacial score (nSPS) is 10.9. The molecule has 7 heteroatoms. The van der Waals surface area contributed by atoms with Crippen molar-refractivity contribution < 1.29 is 28.5 Å². The number of furan rings is 1. The minimum atomic E-state index is -1.12. The second kappa shape index (κ2) is 10.4. The van der Waals surface area contributed by atoms with E-state index in [0.717, 1.165) is 22.7 Å². The number of rotatable bonds is 9. The molecule has 0 saturated heterocycles. The Balaban J connectivity index is 1.38. The van der Waals surface area contributed by atoms with E-state index in [2.05, 4.69) is 4.99 Å². The molecule has 1 N–H and O–H groups in total. The third-order valence-electron chi connectivity index (χ3n) is 4.89. The van der Waals surface area contributed by atoms with Crippen LogP contribution in [0.15, 0.2) is 88.3 Å². The van der Waals surface area contributed by atoms with Crippen LogP contribution >= 0.6 is 0 Å². The van der Waals surface area contributed by atoms with Gasteiger partial charge < -0.3 is 23.7 Å². The van der Waals surface area contributed by atoms with Gasteiger partial charge in [0, 0.05) is 6.21 Å². The molecular weight excluding hydrogens is 434 g/mol. The number of carboxylic acid groups (broad SMARTS) is 1. The fourth-order valence-electron chi connectivity index (χ4n) is 3.09. The second-order valence-corrected chi connectivity index (χ2v) is 7.44. The topological polar surface area (TPSA) is 90.5 Å². The summed E-state index contributed by atoms with van der Waals surface area (Å²) in [5.74, 6) is 1.69. The summed E-state index contributed by atoms with van der Waals surface area (Å²) >= 11 is 0. The third-order valence-corrected chi connectivity index (χ3v) is 4.89. The Morgan fingerprint density at radius 2 is 1.65 bits per heavy atom. The fourth-order valence-corrected chi connectivity index (χ4v) is 3.09. The lowest BCUT2D eigenvalue weighted by molar-refractivity contribution is 0.0658. The van der Waals surface area contributed by atoms with Gasteiger partial charge in [-0.2, -0.15) is 0 Å². The van der Waals surface area contributed by atoms with E-state index < -0.39 is 5.97 Å². The van der Waals surface area contributed by atoms with Crippen LogP contribution in [0, 0.1) is 6.92 Å². The van der Waals surface area contributed by atoms with Crippen LogP contribution in [-0.4, -0.2) is 24.4 Å². The molecule has 0 atom stereocenters. The van der Waals surface area contributed by atoms with E-state index >= 15 is 0 Å². The Bertz CT molecular complexity index is 1290. The first-order chi connectivity index (χ1) is 16.5. The van der Waals surface area contributed by atoms with E-state index in [-0.39, 0.29) is 12.4 Å². The van der Waals surface area contributed by atoms with E-state index in [1.165, 1.54) is 11.6 Å². The summed E-state index contributed by atoms with van der Waals surface area (Å²) in [6.45, 7) is 2.11. The lowest BCUT2D eigenvalue weighted by atomic mass is 10.2. The number of methoxy groups -OCH3 is 1. The summed E-state index contributed by atoms with van der Waals surface area (Å²) < 4.78 is 22.2. The fraction of sp³-hybridized carbons (Fsp3) is 0.111. The first-order valence-electron chi connectivity index (χ1n) is 10.5. The molecule has 34 heavy (non-hydrogen) atoms. The van der Waals surface area contributed by atoms with Gasteiger partial charge in [0.15, 0.2) is 11.5 Å². The SMILES string of the molecule is COc1cc(C=Nc2ccc(Oc3ccc(C)cc3)cc2)ccc1OCc1ccc(C(=O)O)o1. The van der Waals surface area contributed by atoms with Crippen molar-refractivity contribution in [3.05, 3.63) is 102 Å². The summed E-state index contributed by atoms with van der Waals surface area (Å²) in [5.41, 5.74) is 2.79. The number of benzene rings is 3. The average Bonchev–Trinajstić information content (AvgIpc) is 3.33. The van der Waals surface area contributed by atoms with Crippen LogP contribution in [0.1, 0.15) is 27.4 Å². The van der Waals surface area contributed by atoms with Crippen molar-refractivity contribution in [2.24, 2.45) is 4.99 Å². The van der Waals surface area contributed by atoms with Crippen molar-refractivity contribution >= 4 is 17.9 Å². The number of carbonyl (C=O) groups is 1. The Kier molecular flexibility index (Phi) is 6.93. The van der Waals surface area contributed by atoms with Crippen molar-refractivity contribution in [1.29, 1.82) is 0 Å². The molecule has 172 valence electrons. The van der Waals surface area contributed by atoms with Gasteiger partial charge in [0.25, 0.3) is 0 Å². The van der Waals surface area contributed by atoms with Gasteiger partial charge in [-0.15, -0.1) is 0 Å². The van der Waals surface area contributed by atoms with Crippen LogP contribution in [0.2, 0.25) is 0 Å². The first kappa shape index (κ1) is 22.7. The minimum absolute atomic E-state index is 0.0775. The van der Waals surface area contributed by atoms with Crippen LogP contribution < -0.4 is 14.2 Å². The number of aryl methyl sites for hydroxylation is 1. The van der Waals surface area contributed by atoms with Gasteiger partial charge >= 0.3 is 5.97 Å². The van der Waals surface area contributed by atoms with Crippen LogP contribution in [0.3, 0.4) is 0 Å². The Morgan fingerprint density at radius 1 is 0.941 bits per heavy atom. The van der Waals surface area contributed by atoms with Gasteiger partial charge in [-0.3, -0.25) is 4.99 Å². The number of hydrogen-bond donors (Lipinski definition) is 1. The highest BCUT2D eigenvalue weighted by atomic mass is 16.5. The van der Waals surface area contributed by atoms with Crippen molar-refractivity contribution in [2.45, 2.75) is 13.5 Å². The lowest BCUT2D eigenvalue weighted by Gasteiger charge is -2.10. The van der Waals surface area contributed by atoms with Gasteiger partial charge in [-0.1, -0.05) is 17.7 Å². The summed E-state index contributed by atoms with van der Waals surface area (Å²) in [7, 11) is 1.55. The number of carboxylic acids is 1. The molecule has 1 aromatic heterocycles. The Morgan fingerprint density at radius 3 is 2.29 bits per heavy atom. The molecule has 0 aliphatic rings. The molecule has 0 aliphatic carbocycles. The number of hydrogen-bond acceptors (Lipinski definition) is 6. The number of aliphatic imine (C=N–C) groups is 1. The number of aromatic carboxylic acids is 1. The summed E-state index contributed by atoms with van der Waals surface area (Å²) in [6, 6.07) is 23.7. The molecule has 3 aromatic carbocycles. The largest absolute Gasteiger partial charge is 0.493 e. The Labute approximate surface area is 196 Å². The van der Waals surface area contributed by atoms with E-state index in [1.807, 2.05) is 61.5 Å². The number of ether oxygens (including phenoxy) is 3. The quantitative estimate of drug-likeness (QED) is 0.292. The lowest BCUT2D eigenvalue weighted by Crippen LogP contribution is -1.98. The maximum absolute atomic E-state index is 10.9. The van der Waals surface area contributed by atoms with Gasteiger partial charge in [-0.25, -0.2) is 4.79 Å². The maximum atomic E-state index is 10.9. The van der Waals surface area contributed by atoms with E-state index in [0.29, 0.717) is 17.3 Å². The highest BCUT2D eigenvalue weighted by molar-refractivity contribution is 5.84. The average molecular weight is 457 g/mol. The molecule has 0 radical (unpaired) electrons. The van der Waals surface area contributed by atoms with Crippen LogP contribution in [0.5, 0.6) is 23.0 Å². The minimum Gasteiger partial charge on any atom is -0.493 e. The van der Waals surface area contributed by atoms with Crippen LogP contribution in [-0.2, 0) is 6.61 Å². The molecule has 0 unspecified atom stereocenters. The van der Waals surface area contributed by atoms with Crippen LogP contribution in [0.4, 0.5) is 5.69 Å². The summed E-state index contributed by atoms with van der Waals surface area (Å²) in [5, 5.41) is 8.94. The van der Waals surface area contributed by atoms with Gasteiger partial charge in [0.2, 0.25) is 5.76 Å². The van der Waals surface area contributed by atoms with E-state index in [1.54, 1.807) is 31.5 Å². The van der Waals surface area contributed by atoms with Crippen molar-refractivity contribution in [3.8, 4) is 23.0 Å². The highest BCUT2D eigenvalue weighted by Crippen LogP contribution is 2.29. The van der Waals surface area contributed by atoms with Crippen molar-refractivity contribution in [2.75, 3.05) is 7.11 Å². The summed E-state index contributed by atoms with van der Waals surface area (Å²) in [4.78, 5) is 15.4. The predicted molar refractivity (Wildman–Crippen MR) is 128 cm³/mol. The monoisotopic (exact) mass is 457 g/mol. The molecule has 0 fully saturated rings. The molecule has 7 nitrogen and oxygen atoms in total. The molecule has 4 rings (SSSR count). The third kappa shape index (κ3) is 5.83. The van der Waals surface area contributed by atoms with Gasteiger partial charge in [-0.05, 0) is 79.2 Å². The first-order valence-corrected chi connectivity index (χ1v) is 10.5. The zero-order valence-electron chi connectivity index (χ0n) is 18.7. The highest BCUT2D eigenvalue weighted by Gasteiger charge is 2.11. The van der Waals surface area contributed by atoms with Crippen molar-refractivity contribution in [1.82, 2.24) is 0 Å². The zero-order chi connectivity index (χ0) is 23.9.